The van der Waals surface area contributed by atoms with Crippen LogP contribution in [0.1, 0.15) is 25.6 Å². The van der Waals surface area contributed by atoms with Gasteiger partial charge in [-0.15, -0.1) is 10.2 Å². The molecule has 0 aliphatic rings. The van der Waals surface area contributed by atoms with Crippen LogP contribution in [0.2, 0.25) is 0 Å². The first-order valence-corrected chi connectivity index (χ1v) is 11.3. The van der Waals surface area contributed by atoms with Crippen LogP contribution in [0.15, 0.2) is 38.7 Å². The van der Waals surface area contributed by atoms with Crippen molar-refractivity contribution in [3.63, 3.8) is 0 Å². The van der Waals surface area contributed by atoms with Crippen molar-refractivity contribution in [3.05, 3.63) is 35.8 Å². The molecule has 0 spiro atoms. The van der Waals surface area contributed by atoms with Gasteiger partial charge in [0.2, 0.25) is 0 Å². The van der Waals surface area contributed by atoms with Crippen molar-refractivity contribution in [2.24, 2.45) is 7.05 Å². The third-order valence-electron chi connectivity index (χ3n) is 3.85. The highest BCUT2D eigenvalue weighted by molar-refractivity contribution is 8.03. The minimum Gasteiger partial charge on any atom is -0.510 e. The fourth-order valence-corrected chi connectivity index (χ4v) is 5.48. The van der Waals surface area contributed by atoms with Crippen LogP contribution in [0.25, 0.3) is 16.6 Å². The molecule has 0 amide bonds. The lowest BCUT2D eigenvalue weighted by atomic mass is 10.2. The second-order valence-corrected chi connectivity index (χ2v) is 9.28. The zero-order valence-corrected chi connectivity index (χ0v) is 17.5. The quantitative estimate of drug-likeness (QED) is 0.241. The summed E-state index contributed by atoms with van der Waals surface area (Å²) in [7, 11) is 1.84. The van der Waals surface area contributed by atoms with Gasteiger partial charge in [-0.2, -0.15) is 5.26 Å². The van der Waals surface area contributed by atoms with Gasteiger partial charge in [0, 0.05) is 12.8 Å². The summed E-state index contributed by atoms with van der Waals surface area (Å²) in [6.45, 7) is 2.16. The molecule has 3 aromatic rings. The fraction of sp³-hybridized carbons (Fsp3) is 0.333. The van der Waals surface area contributed by atoms with Crippen molar-refractivity contribution in [1.29, 1.82) is 5.26 Å². The van der Waals surface area contributed by atoms with Gasteiger partial charge in [-0.25, -0.2) is 4.98 Å². The number of nitriles is 1. The maximum Gasteiger partial charge on any atom is 0.175 e. The second kappa shape index (κ2) is 9.26. The van der Waals surface area contributed by atoms with Gasteiger partial charge in [0.25, 0.3) is 0 Å². The van der Waals surface area contributed by atoms with E-state index < -0.39 is 0 Å². The van der Waals surface area contributed by atoms with E-state index in [1.165, 1.54) is 23.1 Å². The van der Waals surface area contributed by atoms with Gasteiger partial charge in [0.05, 0.1) is 16.8 Å². The number of imidazole rings is 1. The molecular formula is C18H19N5OS3. The number of aromatic nitrogens is 4. The van der Waals surface area contributed by atoms with Gasteiger partial charge >= 0.3 is 0 Å². The van der Waals surface area contributed by atoms with E-state index in [-0.39, 0.29) is 17.1 Å². The molecule has 3 rings (SSSR count). The number of fused-ring (bicyclic) bond motifs is 1. The molecule has 0 aliphatic heterocycles. The van der Waals surface area contributed by atoms with Crippen LogP contribution in [0.4, 0.5) is 0 Å². The average Bonchev–Trinajstić information content (AvgIpc) is 3.26. The zero-order chi connectivity index (χ0) is 19.2. The molecule has 1 aromatic carbocycles. The van der Waals surface area contributed by atoms with Crippen LogP contribution in [0.3, 0.4) is 0 Å². The molecule has 0 atom stereocenters. The van der Waals surface area contributed by atoms with E-state index in [1.54, 1.807) is 11.8 Å². The lowest BCUT2D eigenvalue weighted by Gasteiger charge is -2.04. The van der Waals surface area contributed by atoms with Crippen LogP contribution >= 0.6 is 34.9 Å². The van der Waals surface area contributed by atoms with Crippen LogP contribution in [0, 0.1) is 11.3 Å². The van der Waals surface area contributed by atoms with Gasteiger partial charge in [-0.05, 0) is 18.6 Å². The summed E-state index contributed by atoms with van der Waals surface area (Å²) in [6, 6.07) is 9.74. The SMILES string of the molecule is CCCCSc1nnc(SC/C(O)=C(\C#N)c2nc3ccccc3n2C)s1. The van der Waals surface area contributed by atoms with E-state index in [0.29, 0.717) is 5.82 Å². The lowest BCUT2D eigenvalue weighted by Crippen LogP contribution is -2.00. The molecule has 2 aromatic heterocycles. The molecule has 9 heteroatoms. The normalized spacial score (nSPS) is 12.2. The number of hydrogen-bond acceptors (Lipinski definition) is 8. The molecule has 0 saturated carbocycles. The van der Waals surface area contributed by atoms with Crippen LogP contribution in [-0.4, -0.2) is 36.4 Å². The Bertz CT molecular complexity index is 1000. The number of aliphatic hydroxyl groups excluding tert-OH is 1. The third-order valence-corrected chi connectivity index (χ3v) is 7.14. The molecule has 0 aliphatic carbocycles. The molecule has 140 valence electrons. The Morgan fingerprint density at radius 3 is 2.70 bits per heavy atom. The number of rotatable bonds is 8. The second-order valence-electron chi connectivity index (χ2n) is 5.74. The standard InChI is InChI=1S/C18H19N5OS3/c1-3-4-9-25-17-21-22-18(27-17)26-11-15(24)12(10-19)16-20-13-7-5-6-8-14(13)23(16)2/h5-8,24H,3-4,9,11H2,1-2H3/b15-12-. The van der Waals surface area contributed by atoms with E-state index in [9.17, 15) is 10.4 Å². The Kier molecular flexibility index (Phi) is 6.77. The number of aryl methyl sites for hydroxylation is 1. The number of nitrogens with zero attached hydrogens (tertiary/aromatic N) is 5. The highest BCUT2D eigenvalue weighted by Gasteiger charge is 2.17. The van der Waals surface area contributed by atoms with Crippen LogP contribution in [0.5, 0.6) is 0 Å². The number of para-hydroxylation sites is 2. The first-order valence-electron chi connectivity index (χ1n) is 8.47. The maximum atomic E-state index is 10.5. The minimum absolute atomic E-state index is 0.00343. The molecule has 2 heterocycles. The van der Waals surface area contributed by atoms with Gasteiger partial charge < -0.3 is 9.67 Å². The summed E-state index contributed by atoms with van der Waals surface area (Å²) in [5.41, 5.74) is 1.89. The maximum absolute atomic E-state index is 10.5. The Balaban J connectivity index is 1.74. The molecule has 0 saturated heterocycles. The topological polar surface area (TPSA) is 87.6 Å². The highest BCUT2D eigenvalue weighted by Crippen LogP contribution is 2.31. The molecular weight excluding hydrogens is 398 g/mol. The monoisotopic (exact) mass is 417 g/mol. The van der Waals surface area contributed by atoms with Crippen LogP contribution in [-0.2, 0) is 7.05 Å². The van der Waals surface area contributed by atoms with Crippen LogP contribution < -0.4 is 0 Å². The number of allylic oxidation sites excluding steroid dienone is 1. The van der Waals surface area contributed by atoms with E-state index in [2.05, 4.69) is 28.2 Å². The Labute approximate surface area is 170 Å². The predicted molar refractivity (Wildman–Crippen MR) is 112 cm³/mol. The van der Waals surface area contributed by atoms with E-state index >= 15 is 0 Å². The first kappa shape index (κ1) is 19.7. The Hall–Kier alpha value is -2.02. The van der Waals surface area contributed by atoms with Gasteiger partial charge in [0.1, 0.15) is 17.4 Å². The molecule has 0 fully saturated rings. The minimum atomic E-state index is -0.00343. The summed E-state index contributed by atoms with van der Waals surface area (Å²) in [4.78, 5) is 4.49. The molecule has 1 N–H and O–H groups in total. The lowest BCUT2D eigenvalue weighted by molar-refractivity contribution is 0.420. The molecule has 27 heavy (non-hydrogen) atoms. The highest BCUT2D eigenvalue weighted by atomic mass is 32.2. The molecule has 6 nitrogen and oxygen atoms in total. The van der Waals surface area contributed by atoms with Crippen molar-refractivity contribution >= 4 is 51.5 Å². The van der Waals surface area contributed by atoms with Crippen molar-refractivity contribution in [3.8, 4) is 6.07 Å². The number of thioether (sulfide) groups is 2. The van der Waals surface area contributed by atoms with Crippen molar-refractivity contribution in [2.75, 3.05) is 11.5 Å². The third kappa shape index (κ3) is 4.64. The van der Waals surface area contributed by atoms with E-state index in [4.69, 9.17) is 0 Å². The number of benzene rings is 1. The summed E-state index contributed by atoms with van der Waals surface area (Å²) >= 11 is 4.59. The van der Waals surface area contributed by atoms with E-state index in [1.807, 2.05) is 35.9 Å². The molecule has 0 radical (unpaired) electrons. The molecule has 0 unspecified atom stereocenters. The summed E-state index contributed by atoms with van der Waals surface area (Å²) < 4.78 is 3.54. The summed E-state index contributed by atoms with van der Waals surface area (Å²) in [5.74, 6) is 1.74. The van der Waals surface area contributed by atoms with Crippen molar-refractivity contribution < 1.29 is 5.11 Å². The Morgan fingerprint density at radius 1 is 1.26 bits per heavy atom. The van der Waals surface area contributed by atoms with Crippen molar-refractivity contribution in [1.82, 2.24) is 19.7 Å². The predicted octanol–water partition coefficient (Wildman–Crippen LogP) is 4.90. The fourth-order valence-electron chi connectivity index (χ4n) is 2.43. The van der Waals surface area contributed by atoms with Crippen molar-refractivity contribution in [2.45, 2.75) is 28.4 Å². The average molecular weight is 418 g/mol. The Morgan fingerprint density at radius 2 is 2.00 bits per heavy atom. The summed E-state index contributed by atoms with van der Waals surface area (Å²) in [5, 5.41) is 28.4. The zero-order valence-electron chi connectivity index (χ0n) is 15.0. The van der Waals surface area contributed by atoms with Gasteiger partial charge in [0.15, 0.2) is 14.5 Å². The van der Waals surface area contributed by atoms with E-state index in [0.717, 1.165) is 38.3 Å². The number of hydrogen-bond donors (Lipinski definition) is 1. The van der Waals surface area contributed by atoms with Gasteiger partial charge in [-0.3, -0.25) is 0 Å². The first-order chi connectivity index (χ1) is 13.1. The number of aliphatic hydroxyl groups is 1. The smallest absolute Gasteiger partial charge is 0.175 e. The molecule has 0 bridgehead atoms. The van der Waals surface area contributed by atoms with Gasteiger partial charge in [-0.1, -0.05) is 60.3 Å². The largest absolute Gasteiger partial charge is 0.510 e. The summed E-state index contributed by atoms with van der Waals surface area (Å²) in [6.07, 6.45) is 2.31. The number of unbranched alkanes of at least 4 members (excludes halogenated alkanes) is 1.